The molecule has 3 atom stereocenters. The predicted octanol–water partition coefficient (Wildman–Crippen LogP) is -1.85. The molecule has 0 bridgehead atoms. The van der Waals surface area contributed by atoms with Crippen molar-refractivity contribution in [3.8, 4) is 0 Å². The fourth-order valence-corrected chi connectivity index (χ4v) is 1.32. The Labute approximate surface area is 80.0 Å². The third-order valence-electron chi connectivity index (χ3n) is 2.07. The summed E-state index contributed by atoms with van der Waals surface area (Å²) in [4.78, 5) is 22.2. The highest BCUT2D eigenvalue weighted by atomic mass is 19.1. The van der Waals surface area contributed by atoms with Crippen molar-refractivity contribution < 1.29 is 19.1 Å². The van der Waals surface area contributed by atoms with Crippen molar-refractivity contribution in [1.82, 2.24) is 4.90 Å². The monoisotopic (exact) mass is 201 g/mol. The van der Waals surface area contributed by atoms with Gasteiger partial charge in [-0.1, -0.05) is 12.2 Å². The van der Waals surface area contributed by atoms with Crippen LogP contribution in [0.4, 0.5) is 4.39 Å². The molecule has 1 saturated heterocycles. The first-order valence-electron chi connectivity index (χ1n) is 3.96. The summed E-state index contributed by atoms with van der Waals surface area (Å²) in [6, 6.07) is -2.70. The second-order valence-electron chi connectivity index (χ2n) is 3.21. The number of carbonyl (C=O) groups is 2. The molecule has 2 N–H and O–H groups in total. The van der Waals surface area contributed by atoms with Crippen molar-refractivity contribution in [2.45, 2.75) is 25.3 Å². The molecule has 0 saturated carbocycles. The van der Waals surface area contributed by atoms with Crippen LogP contribution in [0.15, 0.2) is 12.2 Å². The maximum atomic E-state index is 13.0. The zero-order valence-corrected chi connectivity index (χ0v) is 7.57. The van der Waals surface area contributed by atoms with E-state index in [0.29, 0.717) is 4.90 Å². The first kappa shape index (κ1) is 10.6. The van der Waals surface area contributed by atoms with Crippen LogP contribution in [0.2, 0.25) is 0 Å². The topological polar surface area (TPSA) is 86.5 Å². The van der Waals surface area contributed by atoms with Crippen molar-refractivity contribution in [3.63, 3.8) is 0 Å². The highest BCUT2D eigenvalue weighted by molar-refractivity contribution is 5.93. The lowest BCUT2D eigenvalue weighted by Gasteiger charge is -2.45. The van der Waals surface area contributed by atoms with Crippen LogP contribution in [0.1, 0.15) is 6.92 Å². The second-order valence-corrected chi connectivity index (χ2v) is 3.21. The van der Waals surface area contributed by atoms with E-state index in [1.165, 1.54) is 6.92 Å². The van der Waals surface area contributed by atoms with E-state index in [2.05, 4.69) is 6.58 Å². The maximum absolute atomic E-state index is 13.0. The zero-order valence-electron chi connectivity index (χ0n) is 7.57. The predicted molar refractivity (Wildman–Crippen MR) is 43.3 cm³/mol. The van der Waals surface area contributed by atoms with Crippen LogP contribution in [0.25, 0.3) is 0 Å². The lowest BCUT2D eigenvalue weighted by Crippen LogP contribution is -2.72. The van der Waals surface area contributed by atoms with Crippen LogP contribution in [0.5, 0.6) is 0 Å². The Hall–Kier alpha value is -1.43. The minimum absolute atomic E-state index is 0.132. The van der Waals surface area contributed by atoms with Crippen molar-refractivity contribution in [1.29, 1.82) is 0 Å². The van der Waals surface area contributed by atoms with Crippen LogP contribution in [-0.4, -0.2) is 35.2 Å². The van der Waals surface area contributed by atoms with Gasteiger partial charge < -0.3 is 15.6 Å². The van der Waals surface area contributed by atoms with Crippen LogP contribution in [-0.2, 0) is 9.59 Å². The first-order valence-corrected chi connectivity index (χ1v) is 3.96. The van der Waals surface area contributed by atoms with Crippen LogP contribution in [0.3, 0.4) is 0 Å². The molecule has 1 aliphatic heterocycles. The van der Waals surface area contributed by atoms with Gasteiger partial charge in [0.25, 0.3) is 0 Å². The van der Waals surface area contributed by atoms with Crippen molar-refractivity contribution >= 4 is 11.9 Å². The first-order chi connectivity index (χ1) is 6.37. The maximum Gasteiger partial charge on any atom is 0.247 e. The molecule has 3 unspecified atom stereocenters. The van der Waals surface area contributed by atoms with E-state index in [-0.39, 0.29) is 5.57 Å². The summed E-state index contributed by atoms with van der Waals surface area (Å²) in [6.07, 6.45) is -1.78. The molecular weight excluding hydrogens is 191 g/mol. The van der Waals surface area contributed by atoms with Gasteiger partial charge in [0.05, 0.1) is 12.0 Å². The summed E-state index contributed by atoms with van der Waals surface area (Å²) < 4.78 is 13.0. The Morgan fingerprint density at radius 1 is 1.79 bits per heavy atom. The molecule has 14 heavy (non-hydrogen) atoms. The average molecular weight is 201 g/mol. The summed E-state index contributed by atoms with van der Waals surface area (Å²) in [5.74, 6) is -2.30. The van der Waals surface area contributed by atoms with Gasteiger partial charge in [-0.15, -0.1) is 0 Å². The largest absolute Gasteiger partial charge is 0.548 e. The lowest BCUT2D eigenvalue weighted by molar-refractivity contribution is -0.312. The van der Waals surface area contributed by atoms with Gasteiger partial charge in [-0.25, -0.2) is 4.39 Å². The highest BCUT2D eigenvalue weighted by Gasteiger charge is 2.49. The van der Waals surface area contributed by atoms with Crippen molar-refractivity contribution in [2.75, 3.05) is 0 Å². The average Bonchev–Trinajstić information content (AvgIpc) is 2.10. The van der Waals surface area contributed by atoms with Gasteiger partial charge in [0, 0.05) is 0 Å². The lowest BCUT2D eigenvalue weighted by atomic mass is 9.99. The highest BCUT2D eigenvalue weighted by Crippen LogP contribution is 2.25. The molecular formula is C8H10FN2O3-. The quantitative estimate of drug-likeness (QED) is 0.330. The number of carbonyl (C=O) groups excluding carboxylic acids is 2. The van der Waals surface area contributed by atoms with Crippen LogP contribution < -0.4 is 10.8 Å². The van der Waals surface area contributed by atoms with Gasteiger partial charge in [0.1, 0.15) is 6.04 Å². The summed E-state index contributed by atoms with van der Waals surface area (Å²) in [7, 11) is 0. The third kappa shape index (κ3) is 1.37. The van der Waals surface area contributed by atoms with Gasteiger partial charge in [-0.3, -0.25) is 9.69 Å². The smallest absolute Gasteiger partial charge is 0.247 e. The van der Waals surface area contributed by atoms with Crippen molar-refractivity contribution in [2.24, 2.45) is 5.73 Å². The fourth-order valence-electron chi connectivity index (χ4n) is 1.32. The molecule has 1 fully saturated rings. The Kier molecular flexibility index (Phi) is 2.57. The minimum Gasteiger partial charge on any atom is -0.548 e. The van der Waals surface area contributed by atoms with Gasteiger partial charge in [0.2, 0.25) is 5.91 Å². The van der Waals surface area contributed by atoms with Gasteiger partial charge >= 0.3 is 0 Å². The van der Waals surface area contributed by atoms with E-state index in [4.69, 9.17) is 5.73 Å². The molecule has 0 aliphatic carbocycles. The zero-order chi connectivity index (χ0) is 11.0. The summed E-state index contributed by atoms with van der Waals surface area (Å²) >= 11 is 0. The van der Waals surface area contributed by atoms with E-state index >= 15 is 0 Å². The Morgan fingerprint density at radius 3 is 2.57 bits per heavy atom. The van der Waals surface area contributed by atoms with Gasteiger partial charge in [0.15, 0.2) is 6.30 Å². The Balaban J connectivity index is 2.86. The van der Waals surface area contributed by atoms with Crippen molar-refractivity contribution in [3.05, 3.63) is 12.2 Å². The molecule has 5 nitrogen and oxygen atoms in total. The van der Waals surface area contributed by atoms with Crippen LogP contribution >= 0.6 is 0 Å². The number of carboxylic acids is 1. The molecule has 1 amide bonds. The number of carboxylic acid groups (broad SMARTS) is 1. The SMILES string of the molecule is C=C(C)C(C(=O)[O-])N1C(=O)C(N)C1F. The minimum atomic E-state index is -1.78. The number of rotatable bonds is 3. The number of β-lactam (4-membered cyclic amide) rings is 1. The molecule has 0 aromatic rings. The standard InChI is InChI=1S/C8H11FN2O3/c1-3(2)5(8(13)14)11-6(9)4(10)7(11)12/h4-6H,1,10H2,2H3,(H,13,14)/p-1. The van der Waals surface area contributed by atoms with E-state index in [1.54, 1.807) is 0 Å². The molecule has 78 valence electrons. The molecule has 1 aliphatic rings. The number of amides is 1. The van der Waals surface area contributed by atoms with E-state index in [1.807, 2.05) is 0 Å². The number of halogens is 1. The normalized spacial score (nSPS) is 28.2. The van der Waals surface area contributed by atoms with E-state index in [9.17, 15) is 19.1 Å². The fraction of sp³-hybridized carbons (Fsp3) is 0.500. The number of hydrogen-bond acceptors (Lipinski definition) is 4. The van der Waals surface area contributed by atoms with Gasteiger partial charge in [-0.2, -0.15) is 0 Å². The molecule has 0 aromatic heterocycles. The Morgan fingerprint density at radius 2 is 2.29 bits per heavy atom. The molecule has 0 spiro atoms. The summed E-state index contributed by atoms with van der Waals surface area (Å²) in [5.41, 5.74) is 5.22. The molecule has 6 heteroatoms. The number of nitrogens with zero attached hydrogens (tertiary/aromatic N) is 1. The van der Waals surface area contributed by atoms with E-state index in [0.717, 1.165) is 0 Å². The second kappa shape index (κ2) is 3.38. The molecule has 0 aromatic carbocycles. The van der Waals surface area contributed by atoms with Crippen LogP contribution in [0, 0.1) is 0 Å². The number of hydrogen-bond donors (Lipinski definition) is 1. The number of likely N-dealkylation sites (tertiary alicyclic amines) is 1. The number of nitrogens with two attached hydrogens (primary N) is 1. The number of alkyl halides is 1. The molecule has 1 heterocycles. The molecule has 0 radical (unpaired) electrons. The number of aliphatic carboxylic acids is 1. The summed E-state index contributed by atoms with van der Waals surface area (Å²) in [6.45, 7) is 4.73. The Bertz CT molecular complexity index is 291. The molecule has 1 rings (SSSR count). The van der Waals surface area contributed by atoms with E-state index < -0.39 is 30.3 Å². The summed E-state index contributed by atoms with van der Waals surface area (Å²) in [5, 5.41) is 10.6. The van der Waals surface area contributed by atoms with Gasteiger partial charge in [-0.05, 0) is 6.92 Å². The third-order valence-corrected chi connectivity index (χ3v) is 2.07.